The Morgan fingerprint density at radius 3 is 1.16 bits per heavy atom. The average Bonchev–Trinajstić information content (AvgIpc) is 3.36. The number of ether oxygens (including phenoxy) is 5. The number of aliphatic imine (C=N–C) groups is 1. The fourth-order valence-corrected chi connectivity index (χ4v) is 6.59. The van der Waals surface area contributed by atoms with E-state index in [-0.39, 0.29) is 24.4 Å². The standard InChI is InChI=1S/C36H40O5.C14H13N.3C2H6/c1-2-32-34(38-24-29-17-9-4-10-18-29)36(40-26-31-21-13-6-14-22-31)35(39-25-30-19-11-5-12-20-30)33(41-32)27-37-23-28-15-7-3-8-16-28;1-3-7-13(8-4-1)11-15-12-14-9-5-2-6-10-14;3*1-2/h3-22,32-36H,2,23-27H2,1H3;1-11H,12H2;3*1-2H3/t32?,33-,34+,35-,36-;;;;/m1..../s1. The molecule has 1 saturated heterocycles. The summed E-state index contributed by atoms with van der Waals surface area (Å²) >= 11 is 0. The van der Waals surface area contributed by atoms with Gasteiger partial charge in [-0.1, -0.05) is 230 Å². The van der Waals surface area contributed by atoms with Crippen LogP contribution in [0.3, 0.4) is 0 Å². The van der Waals surface area contributed by atoms with Crippen molar-refractivity contribution in [2.45, 2.75) is 118 Å². The molecular formula is C56H71NO5. The summed E-state index contributed by atoms with van der Waals surface area (Å²) < 4.78 is 32.9. The molecule has 6 aromatic carbocycles. The smallest absolute Gasteiger partial charge is 0.115 e. The van der Waals surface area contributed by atoms with Gasteiger partial charge >= 0.3 is 0 Å². The molecule has 1 aliphatic heterocycles. The zero-order chi connectivity index (χ0) is 44.5. The number of hydrogen-bond acceptors (Lipinski definition) is 6. The molecule has 6 aromatic rings. The van der Waals surface area contributed by atoms with E-state index in [4.69, 9.17) is 23.7 Å². The Hall–Kier alpha value is -5.21. The molecule has 0 saturated carbocycles. The van der Waals surface area contributed by atoms with Crippen LogP contribution in [0, 0.1) is 0 Å². The van der Waals surface area contributed by atoms with E-state index in [2.05, 4.69) is 84.7 Å². The lowest BCUT2D eigenvalue weighted by Crippen LogP contribution is -2.61. The van der Waals surface area contributed by atoms with Crippen molar-refractivity contribution in [1.82, 2.24) is 0 Å². The van der Waals surface area contributed by atoms with Gasteiger partial charge in [-0.3, -0.25) is 4.99 Å². The molecule has 0 bridgehead atoms. The van der Waals surface area contributed by atoms with Crippen LogP contribution in [0.25, 0.3) is 0 Å². The van der Waals surface area contributed by atoms with Crippen molar-refractivity contribution in [3.8, 4) is 0 Å². The predicted molar refractivity (Wildman–Crippen MR) is 258 cm³/mol. The van der Waals surface area contributed by atoms with Crippen molar-refractivity contribution in [1.29, 1.82) is 0 Å². The molecule has 6 nitrogen and oxygen atoms in total. The van der Waals surface area contributed by atoms with E-state index in [0.29, 0.717) is 33.0 Å². The van der Waals surface area contributed by atoms with Crippen LogP contribution in [-0.4, -0.2) is 43.3 Å². The van der Waals surface area contributed by atoms with Crippen LogP contribution in [0.1, 0.15) is 88.3 Å². The van der Waals surface area contributed by atoms with E-state index >= 15 is 0 Å². The lowest BCUT2D eigenvalue weighted by molar-refractivity contribution is -0.272. The maximum Gasteiger partial charge on any atom is 0.115 e. The van der Waals surface area contributed by atoms with Crippen LogP contribution in [-0.2, 0) is 56.7 Å². The summed E-state index contributed by atoms with van der Waals surface area (Å²) in [7, 11) is 0. The van der Waals surface area contributed by atoms with Gasteiger partial charge in [-0.25, -0.2) is 0 Å². The molecule has 0 aromatic heterocycles. The molecule has 1 fully saturated rings. The lowest BCUT2D eigenvalue weighted by atomic mass is 9.92. The van der Waals surface area contributed by atoms with Crippen LogP contribution in [0.4, 0.5) is 0 Å². The quantitative estimate of drug-likeness (QED) is 0.0857. The lowest BCUT2D eigenvalue weighted by Gasteiger charge is -2.46. The van der Waals surface area contributed by atoms with Crippen molar-refractivity contribution >= 4 is 6.21 Å². The Kier molecular flexibility index (Phi) is 26.8. The van der Waals surface area contributed by atoms with Gasteiger partial charge in [-0.05, 0) is 39.8 Å². The second-order valence-electron chi connectivity index (χ2n) is 13.8. The molecule has 0 aliphatic carbocycles. The summed E-state index contributed by atoms with van der Waals surface area (Å²) in [6.45, 7) is 17.1. The number of hydrogen-bond donors (Lipinski definition) is 0. The van der Waals surface area contributed by atoms with Crippen LogP contribution >= 0.6 is 0 Å². The minimum absolute atomic E-state index is 0.165. The molecule has 7 rings (SSSR count). The average molecular weight is 838 g/mol. The molecule has 0 amide bonds. The normalized spacial score (nSPS) is 17.7. The first-order valence-electron chi connectivity index (χ1n) is 22.6. The largest absolute Gasteiger partial charge is 0.374 e. The molecule has 1 heterocycles. The SMILES string of the molecule is C(=NCc1ccccc1)c1ccccc1.CC.CC.CC.CCC1O[C@H](COCc2ccccc2)[C@@H](OCc2ccccc2)[C@H](OCc2ccccc2)[C@H]1OCc1ccccc1. The highest BCUT2D eigenvalue weighted by Gasteiger charge is 2.47. The monoisotopic (exact) mass is 838 g/mol. The molecule has 6 heteroatoms. The maximum absolute atomic E-state index is 6.71. The van der Waals surface area contributed by atoms with Gasteiger partial charge < -0.3 is 23.7 Å². The summed E-state index contributed by atoms with van der Waals surface area (Å²) in [4.78, 5) is 4.39. The molecule has 1 aliphatic rings. The van der Waals surface area contributed by atoms with Gasteiger partial charge in [0.25, 0.3) is 0 Å². The highest BCUT2D eigenvalue weighted by atomic mass is 16.6. The van der Waals surface area contributed by atoms with Gasteiger partial charge in [0.2, 0.25) is 0 Å². The second kappa shape index (κ2) is 32.5. The Balaban J connectivity index is 0.000000405. The minimum Gasteiger partial charge on any atom is -0.374 e. The van der Waals surface area contributed by atoms with E-state index in [0.717, 1.165) is 40.8 Å². The first-order chi connectivity index (χ1) is 30.7. The number of rotatable bonds is 17. The summed E-state index contributed by atoms with van der Waals surface area (Å²) in [5, 5.41) is 0. The van der Waals surface area contributed by atoms with Crippen molar-refractivity contribution in [2.75, 3.05) is 6.61 Å². The summed E-state index contributed by atoms with van der Waals surface area (Å²) in [5.74, 6) is 0. The van der Waals surface area contributed by atoms with Crippen LogP contribution in [0.2, 0.25) is 0 Å². The fourth-order valence-electron chi connectivity index (χ4n) is 6.59. The summed E-state index contributed by atoms with van der Waals surface area (Å²) in [5.41, 5.74) is 6.82. The van der Waals surface area contributed by atoms with Crippen LogP contribution < -0.4 is 0 Å². The van der Waals surface area contributed by atoms with Gasteiger partial charge in [0, 0.05) is 6.21 Å². The minimum atomic E-state index is -0.390. The van der Waals surface area contributed by atoms with Gasteiger partial charge in [-0.15, -0.1) is 0 Å². The highest BCUT2D eigenvalue weighted by molar-refractivity contribution is 5.79. The Bertz CT molecular complexity index is 1930. The Labute approximate surface area is 373 Å². The van der Waals surface area contributed by atoms with Gasteiger partial charge in [0.1, 0.15) is 24.4 Å². The topological polar surface area (TPSA) is 58.5 Å². The van der Waals surface area contributed by atoms with Crippen LogP contribution in [0.5, 0.6) is 0 Å². The van der Waals surface area contributed by atoms with Gasteiger partial charge in [0.15, 0.2) is 0 Å². The molecular weight excluding hydrogens is 767 g/mol. The van der Waals surface area contributed by atoms with E-state index in [1.165, 1.54) is 5.56 Å². The van der Waals surface area contributed by atoms with Crippen molar-refractivity contribution < 1.29 is 23.7 Å². The molecule has 0 N–H and O–H groups in total. The fraction of sp³-hybridized carbons (Fsp3) is 0.339. The van der Waals surface area contributed by atoms with Crippen molar-refractivity contribution in [3.63, 3.8) is 0 Å². The first-order valence-corrected chi connectivity index (χ1v) is 22.6. The molecule has 1 unspecified atom stereocenters. The third kappa shape index (κ3) is 18.8. The van der Waals surface area contributed by atoms with Gasteiger partial charge in [-0.2, -0.15) is 0 Å². The molecule has 0 spiro atoms. The zero-order valence-electron chi connectivity index (χ0n) is 38.2. The van der Waals surface area contributed by atoms with Gasteiger partial charge in [0.05, 0.1) is 45.7 Å². The highest BCUT2D eigenvalue weighted by Crippen LogP contribution is 2.32. The van der Waals surface area contributed by atoms with E-state index in [1.807, 2.05) is 157 Å². The molecule has 0 radical (unpaired) electrons. The predicted octanol–water partition coefficient (Wildman–Crippen LogP) is 13.5. The summed E-state index contributed by atoms with van der Waals surface area (Å²) in [6, 6.07) is 61.3. The van der Waals surface area contributed by atoms with Crippen molar-refractivity contribution in [3.05, 3.63) is 215 Å². The van der Waals surface area contributed by atoms with Crippen LogP contribution in [0.15, 0.2) is 187 Å². The summed E-state index contributed by atoms with van der Waals surface area (Å²) in [6.07, 6.45) is 1.16. The third-order valence-electron chi connectivity index (χ3n) is 9.54. The molecule has 5 atom stereocenters. The number of nitrogens with zero attached hydrogens (tertiary/aromatic N) is 1. The van der Waals surface area contributed by atoms with E-state index in [9.17, 15) is 0 Å². The Morgan fingerprint density at radius 1 is 0.419 bits per heavy atom. The van der Waals surface area contributed by atoms with E-state index in [1.54, 1.807) is 0 Å². The Morgan fingerprint density at radius 2 is 0.758 bits per heavy atom. The maximum atomic E-state index is 6.71. The number of benzene rings is 6. The van der Waals surface area contributed by atoms with E-state index < -0.39 is 6.10 Å². The zero-order valence-corrected chi connectivity index (χ0v) is 38.2. The third-order valence-corrected chi connectivity index (χ3v) is 9.54. The van der Waals surface area contributed by atoms with Crippen molar-refractivity contribution in [2.24, 2.45) is 4.99 Å². The first kappa shape index (κ1) is 51.1. The molecule has 330 valence electrons. The molecule has 62 heavy (non-hydrogen) atoms. The second-order valence-corrected chi connectivity index (χ2v) is 13.8.